The summed E-state index contributed by atoms with van der Waals surface area (Å²) in [6.07, 6.45) is 7.41. The Balaban J connectivity index is 1.80. The molecule has 0 N–H and O–H groups in total. The summed E-state index contributed by atoms with van der Waals surface area (Å²) in [5, 5.41) is 0. The van der Waals surface area contributed by atoms with E-state index in [0.29, 0.717) is 29.0 Å². The number of amides is 1. The highest BCUT2D eigenvalue weighted by Gasteiger charge is 2.29. The molecule has 2 heterocycles. The van der Waals surface area contributed by atoms with E-state index in [9.17, 15) is 13.2 Å². The Morgan fingerprint density at radius 2 is 1.85 bits per heavy atom. The van der Waals surface area contributed by atoms with Crippen LogP contribution in [0.15, 0.2) is 27.6 Å². The van der Waals surface area contributed by atoms with Crippen LogP contribution in [-0.4, -0.2) is 49.7 Å². The number of rotatable bonds is 5. The van der Waals surface area contributed by atoms with E-state index >= 15 is 0 Å². The minimum atomic E-state index is -3.52. The van der Waals surface area contributed by atoms with E-state index in [0.717, 1.165) is 38.8 Å². The molecule has 150 valence electrons. The Morgan fingerprint density at radius 1 is 1.11 bits per heavy atom. The van der Waals surface area contributed by atoms with Crippen molar-refractivity contribution in [3.8, 4) is 0 Å². The number of carbonyl (C=O) groups is 1. The van der Waals surface area contributed by atoms with E-state index in [-0.39, 0.29) is 10.8 Å². The lowest BCUT2D eigenvalue weighted by Gasteiger charge is -2.22. The average Bonchev–Trinajstić information content (AvgIpc) is 3.10. The molecule has 2 aliphatic rings. The topological polar surface area (TPSA) is 57.7 Å². The van der Waals surface area contributed by atoms with Crippen LogP contribution in [0.4, 0.5) is 0 Å². The van der Waals surface area contributed by atoms with Crippen molar-refractivity contribution in [1.29, 1.82) is 0 Å². The van der Waals surface area contributed by atoms with Gasteiger partial charge >= 0.3 is 0 Å². The zero-order valence-corrected chi connectivity index (χ0v) is 18.4. The fraction of sp³-hybridized carbons (Fsp3) is 0.650. The number of sulfonamides is 1. The molecule has 1 unspecified atom stereocenters. The molecule has 2 saturated heterocycles. The average molecular weight is 457 g/mol. The molecule has 2 aliphatic heterocycles. The van der Waals surface area contributed by atoms with Crippen LogP contribution in [-0.2, 0) is 10.0 Å². The van der Waals surface area contributed by atoms with E-state index in [1.165, 1.54) is 23.6 Å². The van der Waals surface area contributed by atoms with Crippen molar-refractivity contribution < 1.29 is 13.2 Å². The maximum absolute atomic E-state index is 13.1. The first kappa shape index (κ1) is 20.8. The SMILES string of the molecule is CCCC1CCCN(C(=O)c2cc(S(=O)(=O)N3CCCC3)ccc2Br)CC1. The molecule has 0 aliphatic carbocycles. The molecule has 1 amide bonds. The minimum Gasteiger partial charge on any atom is -0.339 e. The predicted octanol–water partition coefficient (Wildman–Crippen LogP) is 4.28. The van der Waals surface area contributed by atoms with Gasteiger partial charge in [-0.1, -0.05) is 19.8 Å². The third kappa shape index (κ3) is 4.74. The van der Waals surface area contributed by atoms with E-state index < -0.39 is 10.0 Å². The second-order valence-corrected chi connectivity index (χ2v) is 10.4. The number of carbonyl (C=O) groups excluding carboxylic acids is 1. The van der Waals surface area contributed by atoms with Crippen molar-refractivity contribution in [3.05, 3.63) is 28.2 Å². The highest BCUT2D eigenvalue weighted by atomic mass is 79.9. The molecule has 7 heteroatoms. The van der Waals surface area contributed by atoms with Gasteiger partial charge in [0.1, 0.15) is 0 Å². The number of hydrogen-bond acceptors (Lipinski definition) is 3. The van der Waals surface area contributed by atoms with Gasteiger partial charge in [-0.25, -0.2) is 8.42 Å². The molecule has 0 aromatic heterocycles. The maximum atomic E-state index is 13.1. The van der Waals surface area contributed by atoms with Crippen LogP contribution in [0.5, 0.6) is 0 Å². The van der Waals surface area contributed by atoms with Gasteiger partial charge in [0.15, 0.2) is 0 Å². The highest BCUT2D eigenvalue weighted by Crippen LogP contribution is 2.28. The Bertz CT molecular complexity index is 775. The van der Waals surface area contributed by atoms with Crippen molar-refractivity contribution in [2.45, 2.75) is 56.8 Å². The van der Waals surface area contributed by atoms with Gasteiger partial charge in [0.05, 0.1) is 10.5 Å². The van der Waals surface area contributed by atoms with Gasteiger partial charge in [0.2, 0.25) is 10.0 Å². The van der Waals surface area contributed by atoms with Gasteiger partial charge in [-0.2, -0.15) is 4.31 Å². The van der Waals surface area contributed by atoms with E-state index in [2.05, 4.69) is 22.9 Å². The highest BCUT2D eigenvalue weighted by molar-refractivity contribution is 9.10. The molecule has 0 bridgehead atoms. The van der Waals surface area contributed by atoms with Gasteiger partial charge in [-0.15, -0.1) is 0 Å². The van der Waals surface area contributed by atoms with Gasteiger partial charge < -0.3 is 4.90 Å². The van der Waals surface area contributed by atoms with Crippen molar-refractivity contribution >= 4 is 31.9 Å². The first-order valence-electron chi connectivity index (χ1n) is 10.0. The Hall–Kier alpha value is -0.920. The first-order valence-corrected chi connectivity index (χ1v) is 12.3. The minimum absolute atomic E-state index is 0.0718. The van der Waals surface area contributed by atoms with Crippen molar-refractivity contribution in [3.63, 3.8) is 0 Å². The van der Waals surface area contributed by atoms with Crippen molar-refractivity contribution in [1.82, 2.24) is 9.21 Å². The lowest BCUT2D eigenvalue weighted by atomic mass is 9.96. The van der Waals surface area contributed by atoms with Crippen LogP contribution in [0.25, 0.3) is 0 Å². The van der Waals surface area contributed by atoms with E-state index in [1.807, 2.05) is 4.90 Å². The molecule has 27 heavy (non-hydrogen) atoms. The van der Waals surface area contributed by atoms with Gasteiger partial charge in [-0.3, -0.25) is 4.79 Å². The fourth-order valence-electron chi connectivity index (χ4n) is 4.14. The molecular formula is C20H29BrN2O3S. The summed E-state index contributed by atoms with van der Waals surface area (Å²) in [6, 6.07) is 4.83. The van der Waals surface area contributed by atoms with Crippen LogP contribution < -0.4 is 0 Å². The largest absolute Gasteiger partial charge is 0.339 e. The third-order valence-corrected chi connectivity index (χ3v) is 8.29. The molecule has 0 radical (unpaired) electrons. The molecule has 2 fully saturated rings. The van der Waals surface area contributed by atoms with E-state index in [4.69, 9.17) is 0 Å². The molecule has 0 spiro atoms. The normalized spacial score (nSPS) is 22.0. The van der Waals surface area contributed by atoms with Crippen molar-refractivity contribution in [2.24, 2.45) is 5.92 Å². The number of likely N-dealkylation sites (tertiary alicyclic amines) is 1. The third-order valence-electron chi connectivity index (χ3n) is 5.70. The second-order valence-electron chi connectivity index (χ2n) is 7.63. The van der Waals surface area contributed by atoms with Crippen LogP contribution in [0.2, 0.25) is 0 Å². The first-order chi connectivity index (χ1) is 12.9. The summed E-state index contributed by atoms with van der Waals surface area (Å²) in [7, 11) is -3.52. The lowest BCUT2D eigenvalue weighted by molar-refractivity contribution is 0.0758. The number of hydrogen-bond donors (Lipinski definition) is 0. The van der Waals surface area contributed by atoms with Gasteiger partial charge in [0.25, 0.3) is 5.91 Å². The molecule has 1 aromatic rings. The molecule has 1 aromatic carbocycles. The van der Waals surface area contributed by atoms with E-state index in [1.54, 1.807) is 18.2 Å². The molecule has 5 nitrogen and oxygen atoms in total. The Labute approximate surface area is 171 Å². The Kier molecular flexibility index (Phi) is 6.98. The number of halogens is 1. The monoisotopic (exact) mass is 456 g/mol. The summed E-state index contributed by atoms with van der Waals surface area (Å²) in [5.74, 6) is 0.621. The lowest BCUT2D eigenvalue weighted by Crippen LogP contribution is -2.33. The fourth-order valence-corrected chi connectivity index (χ4v) is 6.10. The molecular weight excluding hydrogens is 428 g/mol. The van der Waals surface area contributed by atoms with Crippen LogP contribution in [0, 0.1) is 5.92 Å². The van der Waals surface area contributed by atoms with Crippen molar-refractivity contribution in [2.75, 3.05) is 26.2 Å². The van der Waals surface area contributed by atoms with Gasteiger partial charge in [0, 0.05) is 30.7 Å². The summed E-state index contributed by atoms with van der Waals surface area (Å²) in [6.45, 7) is 4.82. The zero-order chi connectivity index (χ0) is 19.4. The quantitative estimate of drug-likeness (QED) is 0.664. The summed E-state index contributed by atoms with van der Waals surface area (Å²) in [5.41, 5.74) is 0.448. The van der Waals surface area contributed by atoms with Crippen LogP contribution in [0.3, 0.4) is 0 Å². The summed E-state index contributed by atoms with van der Waals surface area (Å²) >= 11 is 3.45. The molecule has 3 rings (SSSR count). The molecule has 1 atom stereocenters. The predicted molar refractivity (Wildman–Crippen MR) is 110 cm³/mol. The number of nitrogens with zero attached hydrogens (tertiary/aromatic N) is 2. The summed E-state index contributed by atoms with van der Waals surface area (Å²) < 4.78 is 27.9. The molecule has 0 saturated carbocycles. The van der Waals surface area contributed by atoms with Crippen LogP contribution >= 0.6 is 15.9 Å². The number of benzene rings is 1. The van der Waals surface area contributed by atoms with Crippen LogP contribution in [0.1, 0.15) is 62.2 Å². The van der Waals surface area contributed by atoms with Gasteiger partial charge in [-0.05, 0) is 72.2 Å². The maximum Gasteiger partial charge on any atom is 0.255 e. The smallest absolute Gasteiger partial charge is 0.255 e. The summed E-state index contributed by atoms with van der Waals surface area (Å²) in [4.78, 5) is 15.2. The standard InChI is InChI=1S/C20H29BrN2O3S/c1-2-6-16-7-5-11-22(14-10-16)20(24)18-15-17(8-9-19(18)21)27(25,26)23-12-3-4-13-23/h8-9,15-16H,2-7,10-14H2,1H3. The Morgan fingerprint density at radius 3 is 2.56 bits per heavy atom. The zero-order valence-electron chi connectivity index (χ0n) is 16.0. The second kappa shape index (κ2) is 9.05.